The summed E-state index contributed by atoms with van der Waals surface area (Å²) >= 11 is 0. The number of rotatable bonds is 8. The van der Waals surface area contributed by atoms with E-state index in [2.05, 4.69) is 33.9 Å². The highest BCUT2D eigenvalue weighted by Gasteiger charge is 2.25. The molecule has 4 nitrogen and oxygen atoms in total. The lowest BCUT2D eigenvalue weighted by molar-refractivity contribution is -0.130. The van der Waals surface area contributed by atoms with Crippen molar-refractivity contribution in [3.05, 3.63) is 24.3 Å². The Morgan fingerprint density at radius 1 is 0.844 bits per heavy atom. The number of ether oxygens (including phenoxy) is 1. The van der Waals surface area contributed by atoms with Crippen molar-refractivity contribution in [3.63, 3.8) is 0 Å². The Morgan fingerprint density at radius 3 is 1.44 bits per heavy atom. The molecule has 0 aromatic rings. The molecular formula is C28H57NO3. The third-order valence-corrected chi connectivity index (χ3v) is 5.55. The first-order valence-corrected chi connectivity index (χ1v) is 12.0. The van der Waals surface area contributed by atoms with Gasteiger partial charge in [0.1, 0.15) is 5.78 Å². The summed E-state index contributed by atoms with van der Waals surface area (Å²) in [5.41, 5.74) is 7.44. The number of aliphatic hydroxyl groups is 1. The Bertz CT molecular complexity index is 542. The molecule has 0 heterocycles. The molecule has 0 aliphatic carbocycles. The third-order valence-electron chi connectivity index (χ3n) is 5.55. The van der Waals surface area contributed by atoms with Crippen molar-refractivity contribution in [1.82, 2.24) is 0 Å². The quantitative estimate of drug-likeness (QED) is 0.306. The molecule has 0 aliphatic rings. The van der Waals surface area contributed by atoms with Crippen molar-refractivity contribution in [2.75, 3.05) is 13.7 Å². The molecule has 3 unspecified atom stereocenters. The minimum Gasteiger partial charge on any atom is -0.389 e. The van der Waals surface area contributed by atoms with Crippen LogP contribution in [0.25, 0.3) is 0 Å². The monoisotopic (exact) mass is 455 g/mol. The number of carbonyl (C=O) groups is 1. The number of methoxy groups -OCH3 is 1. The number of carbonyl (C=O) groups excluding carboxylic acids is 1. The molecule has 0 saturated heterocycles. The van der Waals surface area contributed by atoms with Crippen molar-refractivity contribution >= 4 is 5.78 Å². The maximum atomic E-state index is 11.7. The fraction of sp³-hybridized carbons (Fsp3) is 0.821. The van der Waals surface area contributed by atoms with Crippen LogP contribution in [0.5, 0.6) is 0 Å². The molecule has 192 valence electrons. The molecule has 0 fully saturated rings. The van der Waals surface area contributed by atoms with Gasteiger partial charge >= 0.3 is 0 Å². The topological polar surface area (TPSA) is 72.6 Å². The Balaban J connectivity index is -0.000000403. The van der Waals surface area contributed by atoms with E-state index in [9.17, 15) is 4.79 Å². The van der Waals surface area contributed by atoms with Gasteiger partial charge < -0.3 is 15.6 Å². The second-order valence-corrected chi connectivity index (χ2v) is 11.9. The third kappa shape index (κ3) is 17.6. The largest absolute Gasteiger partial charge is 0.389 e. The minimum absolute atomic E-state index is 0.0359. The second-order valence-electron chi connectivity index (χ2n) is 11.9. The summed E-state index contributed by atoms with van der Waals surface area (Å²) in [6.45, 7) is 32.8. The zero-order valence-electron chi connectivity index (χ0n) is 23.8. The summed E-state index contributed by atoms with van der Waals surface area (Å²) in [6.07, 6.45) is 2.86. The average molecular weight is 456 g/mol. The van der Waals surface area contributed by atoms with E-state index < -0.39 is 0 Å². The van der Waals surface area contributed by atoms with Crippen LogP contribution in [-0.4, -0.2) is 36.8 Å². The van der Waals surface area contributed by atoms with E-state index >= 15 is 0 Å². The molecule has 0 aromatic heterocycles. The summed E-state index contributed by atoms with van der Waals surface area (Å²) in [6, 6.07) is 0. The van der Waals surface area contributed by atoms with Crippen LogP contribution in [0.4, 0.5) is 0 Å². The lowest BCUT2D eigenvalue weighted by Gasteiger charge is -2.25. The van der Waals surface area contributed by atoms with Gasteiger partial charge in [0.05, 0.1) is 12.2 Å². The zero-order valence-corrected chi connectivity index (χ0v) is 23.8. The maximum absolute atomic E-state index is 11.7. The summed E-state index contributed by atoms with van der Waals surface area (Å²) in [4.78, 5) is 11.7. The molecule has 0 amide bonds. The molecule has 0 rings (SSSR count). The second kappa shape index (κ2) is 15.8. The Morgan fingerprint density at radius 2 is 1.25 bits per heavy atom. The number of aliphatic hydroxyl groups excluding tert-OH is 1. The van der Waals surface area contributed by atoms with Gasteiger partial charge in [0.2, 0.25) is 0 Å². The summed E-state index contributed by atoms with van der Waals surface area (Å²) < 4.78 is 5.14. The van der Waals surface area contributed by atoms with Gasteiger partial charge in [0, 0.05) is 18.4 Å². The van der Waals surface area contributed by atoms with Crippen LogP contribution in [0.3, 0.4) is 0 Å². The number of ketones is 1. The van der Waals surface area contributed by atoms with E-state index in [1.807, 2.05) is 55.4 Å². The molecule has 4 heteroatoms. The van der Waals surface area contributed by atoms with Crippen LogP contribution in [0.2, 0.25) is 0 Å². The fourth-order valence-corrected chi connectivity index (χ4v) is 2.84. The number of hydrogen-bond acceptors (Lipinski definition) is 4. The molecule has 0 bridgehead atoms. The zero-order chi connectivity index (χ0) is 26.5. The molecule has 32 heavy (non-hydrogen) atoms. The maximum Gasteiger partial charge on any atom is 0.140 e. The summed E-state index contributed by atoms with van der Waals surface area (Å²) in [5.74, 6) is 0.552. The molecule has 0 spiro atoms. The normalized spacial score (nSPS) is 14.7. The van der Waals surface area contributed by atoms with Crippen molar-refractivity contribution in [2.24, 2.45) is 27.9 Å². The van der Waals surface area contributed by atoms with Gasteiger partial charge in [0.15, 0.2) is 0 Å². The van der Waals surface area contributed by atoms with Gasteiger partial charge in [-0.15, -0.1) is 0 Å². The highest BCUT2D eigenvalue weighted by molar-refractivity contribution is 5.85. The van der Waals surface area contributed by atoms with Crippen molar-refractivity contribution in [2.45, 2.75) is 115 Å². The van der Waals surface area contributed by atoms with Crippen molar-refractivity contribution in [3.8, 4) is 0 Å². The van der Waals surface area contributed by atoms with Crippen LogP contribution in [-0.2, 0) is 9.53 Å². The van der Waals surface area contributed by atoms with Crippen LogP contribution in [0.1, 0.15) is 102 Å². The Kier molecular flexibility index (Phi) is 17.6. The molecule has 0 radical (unpaired) electrons. The predicted octanol–water partition coefficient (Wildman–Crippen LogP) is 6.96. The van der Waals surface area contributed by atoms with E-state index in [1.54, 1.807) is 14.0 Å². The van der Waals surface area contributed by atoms with Crippen molar-refractivity contribution < 1.29 is 14.6 Å². The Hall–Kier alpha value is -0.970. The lowest BCUT2D eigenvalue weighted by Crippen LogP contribution is -2.26. The number of hydrogen-bond donors (Lipinski definition) is 2. The molecule has 3 atom stereocenters. The predicted molar refractivity (Wildman–Crippen MR) is 142 cm³/mol. The highest BCUT2D eigenvalue weighted by atomic mass is 16.5. The van der Waals surface area contributed by atoms with Gasteiger partial charge in [-0.25, -0.2) is 0 Å². The van der Waals surface area contributed by atoms with Crippen LogP contribution in [0, 0.1) is 22.2 Å². The van der Waals surface area contributed by atoms with Crippen molar-refractivity contribution in [1.29, 1.82) is 0 Å². The summed E-state index contributed by atoms with van der Waals surface area (Å²) in [5, 5.41) is 9.06. The first-order valence-electron chi connectivity index (χ1n) is 12.0. The number of unbranched alkanes of at least 4 members (excludes halogenated alkanes) is 1. The van der Waals surface area contributed by atoms with E-state index in [0.717, 1.165) is 37.0 Å². The first-order chi connectivity index (χ1) is 14.1. The van der Waals surface area contributed by atoms with Crippen LogP contribution < -0.4 is 5.73 Å². The van der Waals surface area contributed by atoms with Gasteiger partial charge in [0.25, 0.3) is 0 Å². The molecule has 0 aliphatic heterocycles. The van der Waals surface area contributed by atoms with E-state index in [0.29, 0.717) is 5.78 Å². The highest BCUT2D eigenvalue weighted by Crippen LogP contribution is 2.27. The number of Topliss-reactive ketones (excluding diaryl/α,β-unsaturated/α-hetero) is 1. The van der Waals surface area contributed by atoms with Crippen LogP contribution in [0.15, 0.2) is 24.3 Å². The minimum atomic E-state index is -0.384. The molecule has 3 N–H and O–H groups in total. The van der Waals surface area contributed by atoms with E-state index in [4.69, 9.17) is 15.6 Å². The van der Waals surface area contributed by atoms with E-state index in [-0.39, 0.29) is 34.4 Å². The van der Waals surface area contributed by atoms with Gasteiger partial charge in [-0.2, -0.15) is 0 Å². The average Bonchev–Trinajstić information content (AvgIpc) is 2.64. The van der Waals surface area contributed by atoms with Gasteiger partial charge in [-0.3, -0.25) is 4.79 Å². The van der Waals surface area contributed by atoms with E-state index in [1.165, 1.54) is 0 Å². The standard InChI is InChI=1S/C11H23NO.C9H18O.C8H16O/c1-9(7-5-6-8-12)10(13)11(2,3)4;1-7(8(2)10-6)9(3,4)5;1-6(7(2)9)8(3,4)5/h9H,5-8,12H2,1-4H3;8H,1H2,2-6H3;7,9H,1H2,2-5H3. The molecule has 0 aromatic carbocycles. The van der Waals surface area contributed by atoms with Gasteiger partial charge in [-0.05, 0) is 55.2 Å². The van der Waals surface area contributed by atoms with Gasteiger partial charge in [-0.1, -0.05) is 88.8 Å². The smallest absolute Gasteiger partial charge is 0.140 e. The number of nitrogens with two attached hydrogens (primary N) is 1. The Labute approximate surface area is 201 Å². The lowest BCUT2D eigenvalue weighted by atomic mass is 9.82. The fourth-order valence-electron chi connectivity index (χ4n) is 2.84. The van der Waals surface area contributed by atoms with Crippen LogP contribution >= 0.6 is 0 Å². The first kappa shape index (κ1) is 35.6. The molecular weight excluding hydrogens is 398 g/mol. The summed E-state index contributed by atoms with van der Waals surface area (Å²) in [7, 11) is 1.71. The molecule has 0 saturated carbocycles. The SMILES string of the molecule is C=C(C(C)O)C(C)(C)C.C=C(C(C)OC)C(C)(C)C.CC(CCCCN)C(=O)C(C)(C)C.